The van der Waals surface area contributed by atoms with Gasteiger partial charge in [0.15, 0.2) is 0 Å². The van der Waals surface area contributed by atoms with Crippen molar-refractivity contribution >= 4 is 60.9 Å². The second-order valence-electron chi connectivity index (χ2n) is 18.8. The number of fused-ring (bicyclic) bond motifs is 12. The van der Waals surface area contributed by atoms with Crippen LogP contribution in [0, 0.1) is 0 Å². The molecule has 0 aliphatic heterocycles. The van der Waals surface area contributed by atoms with Gasteiger partial charge in [-0.2, -0.15) is 0 Å². The SMILES string of the molecule is CC1(C)c2ccccc2-c2ccc(N(c3ccc4c(c3)oc3cc5c(cc34)oc3cc(-c4ccccc4)ccc35)c3cccc4c3-c3ccccc3C4(c3ccccc3)c3ccccc3)cc21. The lowest BCUT2D eigenvalue weighted by molar-refractivity contribution is 0.660. The number of rotatable bonds is 6. The van der Waals surface area contributed by atoms with E-state index in [1.54, 1.807) is 0 Å². The van der Waals surface area contributed by atoms with Gasteiger partial charge in [-0.05, 0) is 116 Å². The van der Waals surface area contributed by atoms with E-state index >= 15 is 0 Å². The van der Waals surface area contributed by atoms with Gasteiger partial charge in [-0.1, -0.05) is 178 Å². The van der Waals surface area contributed by atoms with Crippen molar-refractivity contribution in [1.82, 2.24) is 0 Å². The van der Waals surface area contributed by atoms with E-state index in [4.69, 9.17) is 8.83 Å². The van der Waals surface area contributed by atoms with Gasteiger partial charge in [0, 0.05) is 50.0 Å². The molecule has 14 rings (SSSR count). The van der Waals surface area contributed by atoms with Crippen LogP contribution in [-0.2, 0) is 10.8 Å². The summed E-state index contributed by atoms with van der Waals surface area (Å²) in [6.07, 6.45) is 0. The summed E-state index contributed by atoms with van der Waals surface area (Å²) < 4.78 is 13.5. The Morgan fingerprint density at radius 3 is 1.57 bits per heavy atom. The molecule has 0 fully saturated rings. The van der Waals surface area contributed by atoms with Gasteiger partial charge >= 0.3 is 0 Å². The molecule has 3 heteroatoms. The monoisotopic (exact) mass is 857 g/mol. The average molecular weight is 858 g/mol. The first-order valence-corrected chi connectivity index (χ1v) is 23.2. The summed E-state index contributed by atoms with van der Waals surface area (Å²) in [5, 5.41) is 4.20. The van der Waals surface area contributed by atoms with Crippen LogP contribution in [-0.4, -0.2) is 0 Å². The van der Waals surface area contributed by atoms with Gasteiger partial charge in [0.05, 0.1) is 11.1 Å². The maximum atomic E-state index is 6.91. The van der Waals surface area contributed by atoms with Gasteiger partial charge in [0.2, 0.25) is 0 Å². The Morgan fingerprint density at radius 1 is 0.343 bits per heavy atom. The van der Waals surface area contributed by atoms with Crippen molar-refractivity contribution in [3.8, 4) is 33.4 Å². The molecule has 0 radical (unpaired) electrons. The van der Waals surface area contributed by atoms with Crippen LogP contribution >= 0.6 is 0 Å². The van der Waals surface area contributed by atoms with Crippen LogP contribution in [0.1, 0.15) is 47.2 Å². The molecule has 0 unspecified atom stereocenters. The van der Waals surface area contributed by atoms with Crippen molar-refractivity contribution in [2.75, 3.05) is 4.90 Å². The van der Waals surface area contributed by atoms with E-state index in [0.29, 0.717) is 0 Å². The van der Waals surface area contributed by atoms with Crippen molar-refractivity contribution in [1.29, 1.82) is 0 Å². The van der Waals surface area contributed by atoms with E-state index in [2.05, 4.69) is 237 Å². The highest BCUT2D eigenvalue weighted by Gasteiger charge is 2.47. The molecule has 2 aliphatic carbocycles. The second-order valence-corrected chi connectivity index (χ2v) is 18.8. The third kappa shape index (κ3) is 5.34. The molecule has 10 aromatic carbocycles. The molecule has 0 atom stereocenters. The molecule has 0 spiro atoms. The Bertz CT molecular complexity index is 3910. The topological polar surface area (TPSA) is 29.5 Å². The Labute approximate surface area is 388 Å². The highest BCUT2D eigenvalue weighted by molar-refractivity contribution is 6.15. The molecule has 0 bridgehead atoms. The van der Waals surface area contributed by atoms with E-state index in [1.807, 2.05) is 6.07 Å². The molecule has 67 heavy (non-hydrogen) atoms. The Hall–Kier alpha value is -8.40. The molecule has 0 saturated heterocycles. The number of benzene rings is 10. The zero-order chi connectivity index (χ0) is 44.4. The first-order valence-electron chi connectivity index (χ1n) is 23.2. The van der Waals surface area contributed by atoms with Crippen LogP contribution in [0.25, 0.3) is 77.3 Å². The van der Waals surface area contributed by atoms with Crippen molar-refractivity contribution in [2.45, 2.75) is 24.7 Å². The highest BCUT2D eigenvalue weighted by atomic mass is 16.3. The predicted octanol–water partition coefficient (Wildman–Crippen LogP) is 17.3. The average Bonchev–Trinajstić information content (AvgIpc) is 4.09. The minimum atomic E-state index is -0.537. The Morgan fingerprint density at radius 2 is 0.866 bits per heavy atom. The summed E-state index contributed by atoms with van der Waals surface area (Å²) in [5.74, 6) is 0. The highest BCUT2D eigenvalue weighted by Crippen LogP contribution is 2.60. The van der Waals surface area contributed by atoms with Crippen molar-refractivity contribution in [3.05, 3.63) is 258 Å². The predicted molar refractivity (Wildman–Crippen MR) is 276 cm³/mol. The summed E-state index contributed by atoms with van der Waals surface area (Å²) >= 11 is 0. The first kappa shape index (κ1) is 37.9. The summed E-state index contributed by atoms with van der Waals surface area (Å²) in [6.45, 7) is 4.72. The molecule has 2 heterocycles. The van der Waals surface area contributed by atoms with E-state index in [9.17, 15) is 0 Å². The standard InChI is InChI=1S/C64H43NO2/c1-63(2)53-25-14-12-23-46(53)47-33-30-44(36-56(47)63)65(57-28-16-27-55-62(57)50-24-13-15-26-54(50)64(55,42-19-8-4-9-20-42)43-21-10-5-11-22-43)45-31-34-49-52-39-60-51(38-61(52)67-59(49)37-45)48-32-29-41(35-58(48)66-60)40-17-6-3-7-18-40/h3-39H,1-2H3. The lowest BCUT2D eigenvalue weighted by atomic mass is 9.68. The molecule has 3 nitrogen and oxygen atoms in total. The molecule has 316 valence electrons. The molecular weight excluding hydrogens is 815 g/mol. The van der Waals surface area contributed by atoms with Gasteiger partial charge < -0.3 is 13.7 Å². The molecule has 2 aromatic heterocycles. The van der Waals surface area contributed by atoms with Gasteiger partial charge in [0.25, 0.3) is 0 Å². The number of nitrogens with zero attached hydrogens (tertiary/aromatic N) is 1. The third-order valence-electron chi connectivity index (χ3n) is 14.9. The van der Waals surface area contributed by atoms with E-state index < -0.39 is 5.41 Å². The number of anilines is 3. The summed E-state index contributed by atoms with van der Waals surface area (Å²) in [5.41, 5.74) is 20.9. The largest absolute Gasteiger partial charge is 0.456 e. The summed E-state index contributed by atoms with van der Waals surface area (Å²) in [7, 11) is 0. The van der Waals surface area contributed by atoms with Gasteiger partial charge in [-0.3, -0.25) is 0 Å². The number of furan rings is 2. The Kier molecular flexibility index (Phi) is 7.95. The van der Waals surface area contributed by atoms with Crippen LogP contribution in [0.4, 0.5) is 17.1 Å². The lowest BCUT2D eigenvalue weighted by Gasteiger charge is -2.34. The molecule has 2 aliphatic rings. The normalized spacial score (nSPS) is 14.1. The van der Waals surface area contributed by atoms with Gasteiger partial charge in [0.1, 0.15) is 22.3 Å². The van der Waals surface area contributed by atoms with E-state index in [-0.39, 0.29) is 5.41 Å². The maximum Gasteiger partial charge on any atom is 0.137 e. The smallest absolute Gasteiger partial charge is 0.137 e. The fourth-order valence-electron chi connectivity index (χ4n) is 11.9. The van der Waals surface area contributed by atoms with Gasteiger partial charge in [-0.25, -0.2) is 0 Å². The maximum absolute atomic E-state index is 6.91. The molecule has 0 saturated carbocycles. The van der Waals surface area contributed by atoms with Crippen molar-refractivity contribution in [2.24, 2.45) is 0 Å². The zero-order valence-electron chi connectivity index (χ0n) is 37.1. The molecule has 12 aromatic rings. The Balaban J connectivity index is 0.994. The fraction of sp³-hybridized carbons (Fsp3) is 0.0625. The third-order valence-corrected chi connectivity index (χ3v) is 14.9. The van der Waals surface area contributed by atoms with E-state index in [0.717, 1.165) is 66.5 Å². The van der Waals surface area contributed by atoms with Crippen LogP contribution in [0.5, 0.6) is 0 Å². The van der Waals surface area contributed by atoms with Crippen molar-refractivity contribution < 1.29 is 8.83 Å². The van der Waals surface area contributed by atoms with Crippen LogP contribution in [0.3, 0.4) is 0 Å². The summed E-state index contributed by atoms with van der Waals surface area (Å²) in [6, 6.07) is 82.0. The van der Waals surface area contributed by atoms with Crippen molar-refractivity contribution in [3.63, 3.8) is 0 Å². The van der Waals surface area contributed by atoms with Crippen LogP contribution in [0.2, 0.25) is 0 Å². The minimum absolute atomic E-state index is 0.179. The van der Waals surface area contributed by atoms with Crippen LogP contribution < -0.4 is 4.90 Å². The minimum Gasteiger partial charge on any atom is -0.456 e. The van der Waals surface area contributed by atoms with Gasteiger partial charge in [-0.15, -0.1) is 0 Å². The quantitative estimate of drug-likeness (QED) is 0.167. The second kappa shape index (κ2) is 14.1. The van der Waals surface area contributed by atoms with E-state index in [1.165, 1.54) is 61.2 Å². The molecule has 0 N–H and O–H groups in total. The zero-order valence-corrected chi connectivity index (χ0v) is 37.1. The van der Waals surface area contributed by atoms with Crippen LogP contribution in [0.15, 0.2) is 233 Å². The molecule has 0 amide bonds. The summed E-state index contributed by atoms with van der Waals surface area (Å²) in [4.78, 5) is 2.47. The molecular formula is C64H43NO2. The lowest BCUT2D eigenvalue weighted by Crippen LogP contribution is -2.28. The number of hydrogen-bond donors (Lipinski definition) is 0. The fourth-order valence-corrected chi connectivity index (χ4v) is 11.9. The first-order chi connectivity index (χ1) is 33.0. The number of hydrogen-bond acceptors (Lipinski definition) is 3.